The molecular formula is C14H16N2O2. The Kier molecular flexibility index (Phi) is 2.40. The largest absolute Gasteiger partial charge is 0.478 e. The fourth-order valence-electron chi connectivity index (χ4n) is 2.67. The van der Waals surface area contributed by atoms with E-state index in [4.69, 9.17) is 5.11 Å². The number of aromatic carboxylic acids is 1. The number of aromatic nitrogens is 2. The highest BCUT2D eigenvalue weighted by Crippen LogP contribution is 2.42. The first-order valence-corrected chi connectivity index (χ1v) is 6.26. The summed E-state index contributed by atoms with van der Waals surface area (Å²) in [6.45, 7) is 3.27. The van der Waals surface area contributed by atoms with Crippen molar-refractivity contribution in [2.75, 3.05) is 0 Å². The molecule has 94 valence electrons. The highest BCUT2D eigenvalue weighted by Gasteiger charge is 2.32. The van der Waals surface area contributed by atoms with Gasteiger partial charge in [-0.05, 0) is 36.5 Å². The van der Waals surface area contributed by atoms with Crippen molar-refractivity contribution in [1.82, 2.24) is 9.55 Å². The van der Waals surface area contributed by atoms with Crippen LogP contribution in [0.5, 0.6) is 0 Å². The molecule has 1 aromatic carbocycles. The lowest BCUT2D eigenvalue weighted by Gasteiger charge is -2.38. The third kappa shape index (κ3) is 1.78. The molecule has 4 heteroatoms. The molecule has 0 amide bonds. The summed E-state index contributed by atoms with van der Waals surface area (Å²) < 4.78 is 2.14. The highest BCUT2D eigenvalue weighted by molar-refractivity contribution is 5.92. The number of imidazole rings is 1. The van der Waals surface area contributed by atoms with E-state index in [1.807, 2.05) is 12.4 Å². The van der Waals surface area contributed by atoms with E-state index in [-0.39, 0.29) is 0 Å². The van der Waals surface area contributed by atoms with Crippen molar-refractivity contribution in [1.29, 1.82) is 0 Å². The maximum Gasteiger partial charge on any atom is 0.335 e. The van der Waals surface area contributed by atoms with Gasteiger partial charge in [-0.3, -0.25) is 0 Å². The van der Waals surface area contributed by atoms with E-state index in [1.165, 1.54) is 19.3 Å². The first kappa shape index (κ1) is 11.3. The van der Waals surface area contributed by atoms with Crippen molar-refractivity contribution < 1.29 is 9.90 Å². The second kappa shape index (κ2) is 3.83. The van der Waals surface area contributed by atoms with Gasteiger partial charge >= 0.3 is 5.97 Å². The molecular weight excluding hydrogens is 228 g/mol. The quantitative estimate of drug-likeness (QED) is 0.903. The summed E-state index contributed by atoms with van der Waals surface area (Å²) in [4.78, 5) is 15.2. The lowest BCUT2D eigenvalue weighted by molar-refractivity contribution is 0.0697. The number of nitrogens with zero attached hydrogens (tertiary/aromatic N) is 2. The Balaban J connectivity index is 1.96. The number of benzene rings is 1. The van der Waals surface area contributed by atoms with E-state index >= 15 is 0 Å². The summed E-state index contributed by atoms with van der Waals surface area (Å²) in [5.41, 5.74) is 2.47. The summed E-state index contributed by atoms with van der Waals surface area (Å²) in [6, 6.07) is 5.14. The highest BCUT2D eigenvalue weighted by atomic mass is 16.4. The minimum Gasteiger partial charge on any atom is -0.478 e. The van der Waals surface area contributed by atoms with Gasteiger partial charge in [0.1, 0.15) is 0 Å². The molecule has 1 saturated carbocycles. The van der Waals surface area contributed by atoms with E-state index < -0.39 is 5.97 Å². The molecule has 1 fully saturated rings. The Bertz CT molecular complexity index is 611. The Labute approximate surface area is 105 Å². The molecule has 1 heterocycles. The molecule has 18 heavy (non-hydrogen) atoms. The van der Waals surface area contributed by atoms with Gasteiger partial charge in [0.2, 0.25) is 0 Å². The fraction of sp³-hybridized carbons (Fsp3) is 0.429. The number of hydrogen-bond acceptors (Lipinski definition) is 2. The third-order valence-corrected chi connectivity index (χ3v) is 3.98. The van der Waals surface area contributed by atoms with Crippen LogP contribution in [0.1, 0.15) is 36.5 Å². The van der Waals surface area contributed by atoms with Gasteiger partial charge in [-0.2, -0.15) is 0 Å². The van der Waals surface area contributed by atoms with Crippen LogP contribution in [0.2, 0.25) is 0 Å². The van der Waals surface area contributed by atoms with E-state index in [9.17, 15) is 4.79 Å². The van der Waals surface area contributed by atoms with E-state index in [2.05, 4.69) is 16.5 Å². The first-order valence-electron chi connectivity index (χ1n) is 6.26. The average Bonchev–Trinajstić information content (AvgIpc) is 2.69. The van der Waals surface area contributed by atoms with Crippen molar-refractivity contribution in [2.45, 2.75) is 32.7 Å². The van der Waals surface area contributed by atoms with Crippen molar-refractivity contribution in [2.24, 2.45) is 5.41 Å². The number of rotatable bonds is 3. The number of carbonyl (C=O) groups is 1. The van der Waals surface area contributed by atoms with Crippen LogP contribution in [0.4, 0.5) is 0 Å². The van der Waals surface area contributed by atoms with Gasteiger partial charge in [0, 0.05) is 6.54 Å². The van der Waals surface area contributed by atoms with Crippen LogP contribution < -0.4 is 0 Å². The maximum atomic E-state index is 10.9. The van der Waals surface area contributed by atoms with Crippen molar-refractivity contribution in [3.8, 4) is 0 Å². The van der Waals surface area contributed by atoms with Gasteiger partial charge in [-0.1, -0.05) is 13.3 Å². The van der Waals surface area contributed by atoms with Crippen LogP contribution in [0.15, 0.2) is 24.5 Å². The predicted octanol–water partition coefficient (Wildman–Crippen LogP) is 2.92. The minimum absolute atomic E-state index is 0.294. The van der Waals surface area contributed by atoms with E-state index in [1.54, 1.807) is 12.1 Å². The van der Waals surface area contributed by atoms with Crippen molar-refractivity contribution in [3.63, 3.8) is 0 Å². The molecule has 0 atom stereocenters. The third-order valence-electron chi connectivity index (χ3n) is 3.98. The Hall–Kier alpha value is -1.84. The molecule has 1 aromatic heterocycles. The zero-order valence-electron chi connectivity index (χ0n) is 10.4. The standard InChI is InChI=1S/C14H16N2O2/c1-14(5-2-6-14)8-16-9-15-11-7-10(13(17)18)3-4-12(11)16/h3-4,7,9H,2,5-6,8H2,1H3,(H,17,18). The summed E-state index contributed by atoms with van der Waals surface area (Å²) in [5, 5.41) is 8.95. The molecule has 0 radical (unpaired) electrons. The molecule has 4 nitrogen and oxygen atoms in total. The van der Waals surface area contributed by atoms with Crippen LogP contribution in [-0.2, 0) is 6.54 Å². The Morgan fingerprint density at radius 2 is 2.28 bits per heavy atom. The SMILES string of the molecule is CC1(Cn2cnc3cc(C(=O)O)ccc32)CCC1. The molecule has 1 aliphatic rings. The van der Waals surface area contributed by atoms with Gasteiger partial charge in [-0.25, -0.2) is 9.78 Å². The van der Waals surface area contributed by atoms with Crippen LogP contribution in [0.25, 0.3) is 11.0 Å². The number of fused-ring (bicyclic) bond motifs is 1. The molecule has 1 N–H and O–H groups in total. The van der Waals surface area contributed by atoms with Crippen LogP contribution in [-0.4, -0.2) is 20.6 Å². The van der Waals surface area contributed by atoms with Crippen molar-refractivity contribution >= 4 is 17.0 Å². The van der Waals surface area contributed by atoms with E-state index in [0.29, 0.717) is 11.0 Å². The Morgan fingerprint density at radius 1 is 1.50 bits per heavy atom. The minimum atomic E-state index is -0.905. The van der Waals surface area contributed by atoms with Crippen LogP contribution in [0.3, 0.4) is 0 Å². The van der Waals surface area contributed by atoms with Crippen LogP contribution in [0, 0.1) is 5.41 Å². The molecule has 3 rings (SSSR count). The summed E-state index contributed by atoms with van der Waals surface area (Å²) in [6.07, 6.45) is 5.66. The summed E-state index contributed by atoms with van der Waals surface area (Å²) in [5.74, 6) is -0.905. The second-order valence-corrected chi connectivity index (χ2v) is 5.55. The number of carboxylic acid groups (broad SMARTS) is 1. The molecule has 0 spiro atoms. The van der Waals surface area contributed by atoms with E-state index in [0.717, 1.165) is 17.6 Å². The molecule has 0 bridgehead atoms. The van der Waals surface area contributed by atoms with Crippen molar-refractivity contribution in [3.05, 3.63) is 30.1 Å². The fourth-order valence-corrected chi connectivity index (χ4v) is 2.67. The molecule has 0 aliphatic heterocycles. The smallest absolute Gasteiger partial charge is 0.335 e. The summed E-state index contributed by atoms with van der Waals surface area (Å²) >= 11 is 0. The number of carboxylic acids is 1. The Morgan fingerprint density at radius 3 is 2.89 bits per heavy atom. The maximum absolute atomic E-state index is 10.9. The molecule has 1 aliphatic carbocycles. The molecule has 0 unspecified atom stereocenters. The average molecular weight is 244 g/mol. The number of hydrogen-bond donors (Lipinski definition) is 1. The van der Waals surface area contributed by atoms with Gasteiger partial charge in [0.25, 0.3) is 0 Å². The van der Waals surface area contributed by atoms with Gasteiger partial charge in [0.15, 0.2) is 0 Å². The molecule has 2 aromatic rings. The van der Waals surface area contributed by atoms with Gasteiger partial charge in [-0.15, -0.1) is 0 Å². The monoisotopic (exact) mass is 244 g/mol. The second-order valence-electron chi connectivity index (χ2n) is 5.55. The summed E-state index contributed by atoms with van der Waals surface area (Å²) in [7, 11) is 0. The lowest BCUT2D eigenvalue weighted by atomic mass is 9.70. The first-order chi connectivity index (χ1) is 8.57. The van der Waals surface area contributed by atoms with Gasteiger partial charge < -0.3 is 9.67 Å². The zero-order valence-corrected chi connectivity index (χ0v) is 10.4. The molecule has 0 saturated heterocycles. The van der Waals surface area contributed by atoms with Crippen LogP contribution >= 0.6 is 0 Å². The topological polar surface area (TPSA) is 55.1 Å². The predicted molar refractivity (Wildman–Crippen MR) is 68.7 cm³/mol. The van der Waals surface area contributed by atoms with Gasteiger partial charge in [0.05, 0.1) is 22.9 Å². The zero-order chi connectivity index (χ0) is 12.8. The normalized spacial score (nSPS) is 17.6. The lowest BCUT2D eigenvalue weighted by Crippen LogP contribution is -2.30.